The zero-order valence-electron chi connectivity index (χ0n) is 12.8. The standard InChI is InChI=1S/C16H28N2O/c1-5-9-17-12-14-7-8-16(19-4)15(11-14)13-18(3)10-6-2/h7-8,11,17H,5-6,9-10,12-13H2,1-4H3. The first-order valence-corrected chi connectivity index (χ1v) is 7.26. The quantitative estimate of drug-likeness (QED) is 0.694. The molecule has 0 atom stereocenters. The van der Waals surface area contributed by atoms with Gasteiger partial charge in [0.2, 0.25) is 0 Å². The molecular weight excluding hydrogens is 236 g/mol. The van der Waals surface area contributed by atoms with Crippen molar-refractivity contribution in [3.8, 4) is 5.75 Å². The van der Waals surface area contributed by atoms with E-state index in [2.05, 4.69) is 49.3 Å². The van der Waals surface area contributed by atoms with Crippen LogP contribution in [0.3, 0.4) is 0 Å². The summed E-state index contributed by atoms with van der Waals surface area (Å²) in [4.78, 5) is 2.33. The number of methoxy groups -OCH3 is 1. The van der Waals surface area contributed by atoms with Crippen LogP contribution in [0.25, 0.3) is 0 Å². The summed E-state index contributed by atoms with van der Waals surface area (Å²) in [7, 11) is 3.90. The second-order valence-corrected chi connectivity index (χ2v) is 5.06. The van der Waals surface area contributed by atoms with Gasteiger partial charge >= 0.3 is 0 Å². The molecule has 1 N–H and O–H groups in total. The molecule has 0 aliphatic heterocycles. The largest absolute Gasteiger partial charge is 0.496 e. The van der Waals surface area contributed by atoms with Crippen LogP contribution < -0.4 is 10.1 Å². The summed E-state index contributed by atoms with van der Waals surface area (Å²) in [5, 5.41) is 3.44. The van der Waals surface area contributed by atoms with E-state index < -0.39 is 0 Å². The van der Waals surface area contributed by atoms with Crippen molar-refractivity contribution < 1.29 is 4.74 Å². The highest BCUT2D eigenvalue weighted by molar-refractivity contribution is 5.37. The summed E-state index contributed by atoms with van der Waals surface area (Å²) in [5.41, 5.74) is 2.60. The Hall–Kier alpha value is -1.06. The minimum atomic E-state index is 0.933. The lowest BCUT2D eigenvalue weighted by molar-refractivity contribution is 0.317. The molecule has 0 radical (unpaired) electrons. The normalized spacial score (nSPS) is 11.0. The van der Waals surface area contributed by atoms with Crippen LogP contribution in [0.15, 0.2) is 18.2 Å². The van der Waals surface area contributed by atoms with E-state index in [1.807, 2.05) is 0 Å². The van der Waals surface area contributed by atoms with Gasteiger partial charge < -0.3 is 15.0 Å². The first kappa shape index (κ1) is 16.0. The molecule has 0 fully saturated rings. The number of rotatable bonds is 9. The Morgan fingerprint density at radius 1 is 1.21 bits per heavy atom. The molecule has 0 unspecified atom stereocenters. The van der Waals surface area contributed by atoms with E-state index in [-0.39, 0.29) is 0 Å². The number of ether oxygens (including phenoxy) is 1. The molecular formula is C16H28N2O. The van der Waals surface area contributed by atoms with Gasteiger partial charge in [-0.1, -0.05) is 19.9 Å². The van der Waals surface area contributed by atoms with Gasteiger partial charge in [0.25, 0.3) is 0 Å². The van der Waals surface area contributed by atoms with Crippen molar-refractivity contribution in [3.05, 3.63) is 29.3 Å². The molecule has 3 nitrogen and oxygen atoms in total. The third-order valence-electron chi connectivity index (χ3n) is 3.15. The Bertz CT molecular complexity index is 366. The predicted molar refractivity (Wildman–Crippen MR) is 81.6 cm³/mol. The van der Waals surface area contributed by atoms with Crippen molar-refractivity contribution in [2.45, 2.75) is 39.8 Å². The summed E-state index contributed by atoms with van der Waals surface area (Å²) >= 11 is 0. The summed E-state index contributed by atoms with van der Waals surface area (Å²) in [5.74, 6) is 0.988. The Morgan fingerprint density at radius 3 is 2.63 bits per heavy atom. The van der Waals surface area contributed by atoms with Gasteiger partial charge in [-0.15, -0.1) is 0 Å². The summed E-state index contributed by atoms with van der Waals surface area (Å²) in [6, 6.07) is 6.48. The highest BCUT2D eigenvalue weighted by atomic mass is 16.5. The number of nitrogens with one attached hydrogen (secondary N) is 1. The van der Waals surface area contributed by atoms with Gasteiger partial charge in [0.05, 0.1) is 7.11 Å². The smallest absolute Gasteiger partial charge is 0.123 e. The van der Waals surface area contributed by atoms with Gasteiger partial charge in [-0.25, -0.2) is 0 Å². The SMILES string of the molecule is CCCNCc1ccc(OC)c(CN(C)CCC)c1. The molecule has 0 bridgehead atoms. The van der Waals surface area contributed by atoms with Crippen molar-refractivity contribution >= 4 is 0 Å². The van der Waals surface area contributed by atoms with Gasteiger partial charge in [0.15, 0.2) is 0 Å². The number of hydrogen-bond acceptors (Lipinski definition) is 3. The monoisotopic (exact) mass is 264 g/mol. The molecule has 0 heterocycles. The van der Waals surface area contributed by atoms with E-state index in [4.69, 9.17) is 4.74 Å². The maximum Gasteiger partial charge on any atom is 0.123 e. The van der Waals surface area contributed by atoms with Crippen LogP contribution in [0.5, 0.6) is 5.75 Å². The van der Waals surface area contributed by atoms with E-state index in [1.165, 1.54) is 24.0 Å². The van der Waals surface area contributed by atoms with Crippen LogP contribution in [-0.2, 0) is 13.1 Å². The van der Waals surface area contributed by atoms with Gasteiger partial charge in [0, 0.05) is 18.7 Å². The van der Waals surface area contributed by atoms with Crippen LogP contribution in [-0.4, -0.2) is 32.1 Å². The predicted octanol–water partition coefficient (Wildman–Crippen LogP) is 3.04. The Labute approximate surface area is 118 Å². The van der Waals surface area contributed by atoms with Gasteiger partial charge in [-0.3, -0.25) is 0 Å². The Balaban J connectivity index is 2.71. The van der Waals surface area contributed by atoms with Gasteiger partial charge in [-0.2, -0.15) is 0 Å². The molecule has 0 aromatic heterocycles. The lowest BCUT2D eigenvalue weighted by Gasteiger charge is -2.18. The minimum Gasteiger partial charge on any atom is -0.496 e. The molecule has 0 saturated carbocycles. The zero-order chi connectivity index (χ0) is 14.1. The average Bonchev–Trinajstić information content (AvgIpc) is 2.39. The molecule has 108 valence electrons. The third-order valence-corrected chi connectivity index (χ3v) is 3.15. The summed E-state index contributed by atoms with van der Waals surface area (Å²) in [6.07, 6.45) is 2.35. The topological polar surface area (TPSA) is 24.5 Å². The zero-order valence-corrected chi connectivity index (χ0v) is 12.8. The van der Waals surface area contributed by atoms with Crippen molar-refractivity contribution in [3.63, 3.8) is 0 Å². The summed E-state index contributed by atoms with van der Waals surface area (Å²) < 4.78 is 5.46. The molecule has 19 heavy (non-hydrogen) atoms. The molecule has 3 heteroatoms. The Morgan fingerprint density at radius 2 is 2.00 bits per heavy atom. The Kier molecular flexibility index (Phi) is 7.53. The molecule has 0 amide bonds. The molecule has 0 saturated heterocycles. The number of hydrogen-bond donors (Lipinski definition) is 1. The van der Waals surface area contributed by atoms with Crippen LogP contribution in [0.4, 0.5) is 0 Å². The molecule has 1 aromatic rings. The molecule has 0 aliphatic carbocycles. The lowest BCUT2D eigenvalue weighted by Crippen LogP contribution is -2.19. The van der Waals surface area contributed by atoms with Crippen LogP contribution in [0, 0.1) is 0 Å². The first-order valence-electron chi connectivity index (χ1n) is 7.26. The maximum absolute atomic E-state index is 5.46. The van der Waals surface area contributed by atoms with E-state index in [9.17, 15) is 0 Å². The number of nitrogens with zero attached hydrogens (tertiary/aromatic N) is 1. The fourth-order valence-corrected chi connectivity index (χ4v) is 2.23. The molecule has 0 spiro atoms. The van der Waals surface area contributed by atoms with E-state index in [1.54, 1.807) is 7.11 Å². The maximum atomic E-state index is 5.46. The molecule has 1 aromatic carbocycles. The second-order valence-electron chi connectivity index (χ2n) is 5.06. The van der Waals surface area contributed by atoms with Crippen molar-refractivity contribution in [1.82, 2.24) is 10.2 Å². The first-order chi connectivity index (χ1) is 9.21. The number of benzene rings is 1. The van der Waals surface area contributed by atoms with Crippen molar-refractivity contribution in [1.29, 1.82) is 0 Å². The molecule has 0 aliphatic rings. The third kappa shape index (κ3) is 5.62. The minimum absolute atomic E-state index is 0.933. The average molecular weight is 264 g/mol. The fraction of sp³-hybridized carbons (Fsp3) is 0.625. The highest BCUT2D eigenvalue weighted by Gasteiger charge is 2.07. The van der Waals surface area contributed by atoms with E-state index in [0.29, 0.717) is 0 Å². The van der Waals surface area contributed by atoms with Gasteiger partial charge in [0.1, 0.15) is 5.75 Å². The van der Waals surface area contributed by atoms with Crippen LogP contribution in [0.1, 0.15) is 37.8 Å². The highest BCUT2D eigenvalue weighted by Crippen LogP contribution is 2.21. The van der Waals surface area contributed by atoms with Crippen LogP contribution >= 0.6 is 0 Å². The summed E-state index contributed by atoms with van der Waals surface area (Å²) in [6.45, 7) is 8.45. The van der Waals surface area contributed by atoms with Crippen molar-refractivity contribution in [2.24, 2.45) is 0 Å². The lowest BCUT2D eigenvalue weighted by atomic mass is 10.1. The van der Waals surface area contributed by atoms with E-state index >= 15 is 0 Å². The van der Waals surface area contributed by atoms with E-state index in [0.717, 1.165) is 31.9 Å². The van der Waals surface area contributed by atoms with Gasteiger partial charge in [-0.05, 0) is 50.7 Å². The molecule has 1 rings (SSSR count). The fourth-order valence-electron chi connectivity index (χ4n) is 2.23. The van der Waals surface area contributed by atoms with Crippen molar-refractivity contribution in [2.75, 3.05) is 27.2 Å². The second kappa shape index (κ2) is 8.94. The van der Waals surface area contributed by atoms with Crippen LogP contribution in [0.2, 0.25) is 0 Å².